The van der Waals surface area contributed by atoms with E-state index in [-0.39, 0.29) is 46.3 Å². The van der Waals surface area contributed by atoms with Gasteiger partial charge < -0.3 is 5.32 Å². The minimum absolute atomic E-state index is 0.0131. The molecular weight excluding hydrogens is 451 g/mol. The first-order chi connectivity index (χ1) is 15.0. The van der Waals surface area contributed by atoms with Crippen LogP contribution in [0.3, 0.4) is 0 Å². The molecule has 0 spiro atoms. The third-order valence-electron chi connectivity index (χ3n) is 6.11. The van der Waals surface area contributed by atoms with Crippen LogP contribution in [0.5, 0.6) is 0 Å². The van der Waals surface area contributed by atoms with Gasteiger partial charge in [-0.05, 0) is 55.4 Å². The van der Waals surface area contributed by atoms with Crippen LogP contribution in [0.25, 0.3) is 0 Å². The highest BCUT2D eigenvalue weighted by molar-refractivity contribution is 7.89. The highest BCUT2D eigenvalue weighted by Gasteiger charge is 2.33. The monoisotopic (exact) mass is 480 g/mol. The van der Waals surface area contributed by atoms with E-state index in [9.17, 15) is 17.6 Å². The van der Waals surface area contributed by atoms with E-state index in [4.69, 9.17) is 11.6 Å². The second-order valence-corrected chi connectivity index (χ2v) is 11.5. The van der Waals surface area contributed by atoms with Crippen molar-refractivity contribution in [2.75, 3.05) is 13.1 Å². The summed E-state index contributed by atoms with van der Waals surface area (Å²) in [6.07, 6.45) is 1.67. The molecule has 1 atom stereocenters. The van der Waals surface area contributed by atoms with Gasteiger partial charge in [-0.25, -0.2) is 12.8 Å². The molecule has 1 amide bonds. The molecule has 8 heteroatoms. The van der Waals surface area contributed by atoms with E-state index in [1.807, 2.05) is 25.1 Å². The van der Waals surface area contributed by atoms with Crippen molar-refractivity contribution in [3.63, 3.8) is 0 Å². The van der Waals surface area contributed by atoms with Crippen molar-refractivity contribution >= 4 is 27.5 Å². The predicted molar refractivity (Wildman–Crippen MR) is 125 cm³/mol. The first-order valence-electron chi connectivity index (χ1n) is 10.8. The van der Waals surface area contributed by atoms with E-state index in [0.717, 1.165) is 18.6 Å². The Bertz CT molecular complexity index is 1050. The lowest BCUT2D eigenvalue weighted by molar-refractivity contribution is -0.126. The molecule has 1 aliphatic rings. The van der Waals surface area contributed by atoms with Gasteiger partial charge in [0.1, 0.15) is 5.82 Å². The summed E-state index contributed by atoms with van der Waals surface area (Å²) < 4.78 is 40.4. The number of hydrogen-bond donors (Lipinski definition) is 1. The summed E-state index contributed by atoms with van der Waals surface area (Å²) >= 11 is 5.75. The van der Waals surface area contributed by atoms with Crippen LogP contribution in [-0.4, -0.2) is 37.8 Å². The van der Waals surface area contributed by atoms with Crippen molar-refractivity contribution in [3.8, 4) is 0 Å². The zero-order chi connectivity index (χ0) is 23.5. The van der Waals surface area contributed by atoms with E-state index in [1.165, 1.54) is 15.9 Å². The van der Waals surface area contributed by atoms with Gasteiger partial charge in [-0.15, -0.1) is 0 Å². The summed E-state index contributed by atoms with van der Waals surface area (Å²) in [5, 5.41) is 2.88. The number of amides is 1. The number of carbonyl (C=O) groups is 1. The van der Waals surface area contributed by atoms with Crippen molar-refractivity contribution in [3.05, 3.63) is 64.9 Å². The Morgan fingerprint density at radius 3 is 2.41 bits per heavy atom. The molecule has 0 radical (unpaired) electrons. The lowest BCUT2D eigenvalue weighted by Crippen LogP contribution is -2.45. The highest BCUT2D eigenvalue weighted by atomic mass is 35.5. The SMILES string of the molecule is CC(CC(C)(C)c1ccccc1)NC(=O)C1CCN(S(=O)(=O)c2ccc(F)c(Cl)c2)CC1. The zero-order valence-electron chi connectivity index (χ0n) is 18.6. The minimum Gasteiger partial charge on any atom is -0.353 e. The van der Waals surface area contributed by atoms with Gasteiger partial charge in [0.15, 0.2) is 0 Å². The maximum Gasteiger partial charge on any atom is 0.243 e. The van der Waals surface area contributed by atoms with Crippen LogP contribution in [-0.2, 0) is 20.2 Å². The third-order valence-corrected chi connectivity index (χ3v) is 8.30. The van der Waals surface area contributed by atoms with E-state index in [0.29, 0.717) is 12.8 Å². The van der Waals surface area contributed by atoms with Crippen molar-refractivity contribution in [1.82, 2.24) is 9.62 Å². The number of nitrogens with zero attached hydrogens (tertiary/aromatic N) is 1. The highest BCUT2D eigenvalue weighted by Crippen LogP contribution is 2.29. The Kier molecular flexibility index (Phi) is 7.63. The van der Waals surface area contributed by atoms with Gasteiger partial charge in [-0.3, -0.25) is 4.79 Å². The van der Waals surface area contributed by atoms with Crippen LogP contribution in [0, 0.1) is 11.7 Å². The second kappa shape index (κ2) is 9.89. The van der Waals surface area contributed by atoms with Crippen LogP contribution in [0.2, 0.25) is 5.02 Å². The molecule has 1 N–H and O–H groups in total. The molecular formula is C24H30ClFN2O3S. The Balaban J connectivity index is 1.55. The molecule has 174 valence electrons. The summed E-state index contributed by atoms with van der Waals surface area (Å²) in [5.74, 6) is -0.936. The van der Waals surface area contributed by atoms with Gasteiger partial charge in [-0.2, -0.15) is 4.31 Å². The number of benzene rings is 2. The third kappa shape index (κ3) is 5.69. The summed E-state index contributed by atoms with van der Waals surface area (Å²) in [6.45, 7) is 6.80. The standard InChI is InChI=1S/C24H30ClFN2O3S/c1-17(16-24(2,3)19-7-5-4-6-8-19)27-23(29)18-11-13-28(14-12-18)32(30,31)20-9-10-22(26)21(25)15-20/h4-10,15,17-18H,11-14,16H2,1-3H3,(H,27,29). The molecule has 32 heavy (non-hydrogen) atoms. The van der Waals surface area contributed by atoms with Crippen LogP contribution >= 0.6 is 11.6 Å². The lowest BCUT2D eigenvalue weighted by Gasteiger charge is -2.33. The van der Waals surface area contributed by atoms with Gasteiger partial charge >= 0.3 is 0 Å². The summed E-state index contributed by atoms with van der Waals surface area (Å²) in [7, 11) is -3.78. The first-order valence-corrected chi connectivity index (χ1v) is 12.6. The van der Waals surface area contributed by atoms with E-state index >= 15 is 0 Å². The number of hydrogen-bond acceptors (Lipinski definition) is 3. The van der Waals surface area contributed by atoms with Gasteiger partial charge in [0, 0.05) is 25.0 Å². The largest absolute Gasteiger partial charge is 0.353 e. The molecule has 0 aromatic heterocycles. The quantitative estimate of drug-likeness (QED) is 0.621. The molecule has 0 bridgehead atoms. The second-order valence-electron chi connectivity index (χ2n) is 9.12. The zero-order valence-corrected chi connectivity index (χ0v) is 20.2. The maximum atomic E-state index is 13.4. The Morgan fingerprint density at radius 2 is 1.81 bits per heavy atom. The summed E-state index contributed by atoms with van der Waals surface area (Å²) in [4.78, 5) is 12.8. The summed E-state index contributed by atoms with van der Waals surface area (Å²) in [5.41, 5.74) is 1.14. The normalized spacial score (nSPS) is 17.2. The topological polar surface area (TPSA) is 66.5 Å². The van der Waals surface area contributed by atoms with Crippen molar-refractivity contribution < 1.29 is 17.6 Å². The fourth-order valence-corrected chi connectivity index (χ4v) is 6.07. The molecule has 1 fully saturated rings. The van der Waals surface area contributed by atoms with Gasteiger partial charge in [0.05, 0.1) is 9.92 Å². The van der Waals surface area contributed by atoms with Crippen LogP contribution in [0.1, 0.15) is 45.6 Å². The van der Waals surface area contributed by atoms with Gasteiger partial charge in [0.25, 0.3) is 0 Å². The molecule has 1 saturated heterocycles. The van der Waals surface area contributed by atoms with Crippen LogP contribution in [0.4, 0.5) is 4.39 Å². The smallest absolute Gasteiger partial charge is 0.243 e. The average molecular weight is 481 g/mol. The molecule has 2 aromatic rings. The molecule has 0 saturated carbocycles. The average Bonchev–Trinajstić information content (AvgIpc) is 2.75. The number of piperidine rings is 1. The molecule has 2 aromatic carbocycles. The number of nitrogens with one attached hydrogen (secondary N) is 1. The summed E-state index contributed by atoms with van der Waals surface area (Å²) in [6, 6.07) is 13.6. The minimum atomic E-state index is -3.78. The number of sulfonamides is 1. The van der Waals surface area contributed by atoms with E-state index in [1.54, 1.807) is 0 Å². The van der Waals surface area contributed by atoms with Crippen molar-refractivity contribution in [2.24, 2.45) is 5.92 Å². The van der Waals surface area contributed by atoms with Gasteiger partial charge in [0.2, 0.25) is 15.9 Å². The Morgan fingerprint density at radius 1 is 1.19 bits per heavy atom. The Labute approximate surface area is 195 Å². The lowest BCUT2D eigenvalue weighted by atomic mass is 9.79. The fourth-order valence-electron chi connectivity index (χ4n) is 4.33. The van der Waals surface area contributed by atoms with E-state index in [2.05, 4.69) is 31.3 Å². The maximum absolute atomic E-state index is 13.4. The van der Waals surface area contributed by atoms with Crippen LogP contribution in [0.15, 0.2) is 53.4 Å². The van der Waals surface area contributed by atoms with Gasteiger partial charge in [-0.1, -0.05) is 55.8 Å². The molecule has 0 aliphatic carbocycles. The first kappa shape index (κ1) is 24.7. The molecule has 5 nitrogen and oxygen atoms in total. The molecule has 3 rings (SSSR count). The Hall–Kier alpha value is -1.96. The van der Waals surface area contributed by atoms with Crippen LogP contribution < -0.4 is 5.32 Å². The number of halogens is 2. The van der Waals surface area contributed by atoms with Crippen molar-refractivity contribution in [2.45, 2.75) is 56.4 Å². The fraction of sp³-hybridized carbons (Fsp3) is 0.458. The molecule has 1 heterocycles. The molecule has 1 aliphatic heterocycles. The number of carbonyl (C=O) groups excluding carboxylic acids is 1. The van der Waals surface area contributed by atoms with E-state index < -0.39 is 15.8 Å². The number of rotatable bonds is 7. The predicted octanol–water partition coefficient (Wildman–Crippen LogP) is 4.75. The van der Waals surface area contributed by atoms with Crippen molar-refractivity contribution in [1.29, 1.82) is 0 Å². The molecule has 1 unspecified atom stereocenters.